The molecule has 0 fully saturated rings. The molecule has 0 aliphatic heterocycles. The molecule has 0 atom stereocenters. The van der Waals surface area contributed by atoms with E-state index in [1.165, 1.54) is 15.3 Å². The fourth-order valence-electron chi connectivity index (χ4n) is 2.41. The number of aryl methyl sites for hydroxylation is 1. The van der Waals surface area contributed by atoms with Crippen molar-refractivity contribution < 1.29 is 4.79 Å². The fourth-order valence-corrected chi connectivity index (χ4v) is 3.84. The Hall–Kier alpha value is -1.91. The van der Waals surface area contributed by atoms with Gasteiger partial charge in [-0.1, -0.05) is 42.0 Å². The standard InChI is InChI=1S/C19H19NOS2/c1-15-6-8-16(9-7-15)12-19(21)20(13-17-4-2-10-22-17)14-18-5-3-11-23-18/h2-11H,12-14H2,1H3. The number of hydrogen-bond acceptors (Lipinski definition) is 3. The van der Waals surface area contributed by atoms with Gasteiger partial charge in [-0.25, -0.2) is 0 Å². The zero-order valence-electron chi connectivity index (χ0n) is 13.1. The zero-order valence-corrected chi connectivity index (χ0v) is 14.7. The van der Waals surface area contributed by atoms with Gasteiger partial charge in [0.25, 0.3) is 0 Å². The molecule has 0 saturated carbocycles. The molecule has 1 amide bonds. The first-order valence-corrected chi connectivity index (χ1v) is 9.35. The first kappa shape index (κ1) is 16.0. The monoisotopic (exact) mass is 341 g/mol. The van der Waals surface area contributed by atoms with E-state index in [0.717, 1.165) is 5.56 Å². The maximum Gasteiger partial charge on any atom is 0.227 e. The fraction of sp³-hybridized carbons (Fsp3) is 0.211. The van der Waals surface area contributed by atoms with Gasteiger partial charge >= 0.3 is 0 Å². The summed E-state index contributed by atoms with van der Waals surface area (Å²) in [7, 11) is 0. The van der Waals surface area contributed by atoms with Crippen molar-refractivity contribution in [3.63, 3.8) is 0 Å². The Balaban J connectivity index is 1.73. The highest BCUT2D eigenvalue weighted by Gasteiger charge is 2.16. The van der Waals surface area contributed by atoms with Crippen LogP contribution in [-0.2, 0) is 24.3 Å². The van der Waals surface area contributed by atoms with Gasteiger partial charge in [0.1, 0.15) is 0 Å². The van der Waals surface area contributed by atoms with Gasteiger partial charge in [0.15, 0.2) is 0 Å². The predicted molar refractivity (Wildman–Crippen MR) is 97.8 cm³/mol. The van der Waals surface area contributed by atoms with Crippen LogP contribution >= 0.6 is 22.7 Å². The van der Waals surface area contributed by atoms with Crippen LogP contribution in [0.4, 0.5) is 0 Å². The van der Waals surface area contributed by atoms with Crippen molar-refractivity contribution in [2.45, 2.75) is 26.4 Å². The van der Waals surface area contributed by atoms with E-state index in [4.69, 9.17) is 0 Å². The average Bonchev–Trinajstić information content (AvgIpc) is 3.22. The lowest BCUT2D eigenvalue weighted by molar-refractivity contribution is -0.131. The quantitative estimate of drug-likeness (QED) is 0.625. The number of carbonyl (C=O) groups is 1. The third-order valence-corrected chi connectivity index (χ3v) is 5.40. The molecule has 3 aromatic rings. The van der Waals surface area contributed by atoms with Gasteiger partial charge in [0.2, 0.25) is 5.91 Å². The van der Waals surface area contributed by atoms with Gasteiger partial charge in [-0.3, -0.25) is 4.79 Å². The number of rotatable bonds is 6. The van der Waals surface area contributed by atoms with Crippen LogP contribution in [0.3, 0.4) is 0 Å². The second kappa shape index (κ2) is 7.57. The van der Waals surface area contributed by atoms with E-state index >= 15 is 0 Å². The molecular formula is C19H19NOS2. The second-order valence-electron chi connectivity index (χ2n) is 5.57. The van der Waals surface area contributed by atoms with Crippen molar-refractivity contribution in [2.24, 2.45) is 0 Å². The predicted octanol–water partition coefficient (Wildman–Crippen LogP) is 4.89. The molecule has 2 nitrogen and oxygen atoms in total. The van der Waals surface area contributed by atoms with Crippen molar-refractivity contribution in [1.29, 1.82) is 0 Å². The Morgan fingerprint density at radius 1 is 0.913 bits per heavy atom. The molecule has 0 aliphatic carbocycles. The molecule has 0 bridgehead atoms. The Labute approximate surface area is 145 Å². The topological polar surface area (TPSA) is 20.3 Å². The second-order valence-corrected chi connectivity index (χ2v) is 7.64. The maximum atomic E-state index is 12.8. The Kier molecular flexibility index (Phi) is 5.26. The highest BCUT2D eigenvalue weighted by atomic mass is 32.1. The highest BCUT2D eigenvalue weighted by molar-refractivity contribution is 7.10. The number of carbonyl (C=O) groups excluding carboxylic acids is 1. The molecule has 0 aliphatic rings. The van der Waals surface area contributed by atoms with E-state index in [-0.39, 0.29) is 5.91 Å². The van der Waals surface area contributed by atoms with Crippen LogP contribution in [0.2, 0.25) is 0 Å². The number of hydrogen-bond donors (Lipinski definition) is 0. The number of thiophene rings is 2. The minimum Gasteiger partial charge on any atom is -0.332 e. The first-order valence-electron chi connectivity index (χ1n) is 7.59. The molecule has 3 rings (SSSR count). The largest absolute Gasteiger partial charge is 0.332 e. The van der Waals surface area contributed by atoms with Crippen LogP contribution < -0.4 is 0 Å². The van der Waals surface area contributed by atoms with Crippen molar-refractivity contribution >= 4 is 28.6 Å². The summed E-state index contributed by atoms with van der Waals surface area (Å²) in [6, 6.07) is 16.5. The van der Waals surface area contributed by atoms with Crippen LogP contribution in [0.15, 0.2) is 59.3 Å². The van der Waals surface area contributed by atoms with E-state index < -0.39 is 0 Å². The average molecular weight is 342 g/mol. The van der Waals surface area contributed by atoms with Crippen LogP contribution in [0.1, 0.15) is 20.9 Å². The molecule has 118 valence electrons. The van der Waals surface area contributed by atoms with Crippen LogP contribution in [0, 0.1) is 6.92 Å². The lowest BCUT2D eigenvalue weighted by Gasteiger charge is -2.21. The van der Waals surface area contributed by atoms with E-state index in [1.807, 2.05) is 29.2 Å². The molecule has 23 heavy (non-hydrogen) atoms. The molecule has 2 aromatic heterocycles. The van der Waals surface area contributed by atoms with Crippen molar-refractivity contribution in [3.8, 4) is 0 Å². The molecule has 0 saturated heterocycles. The lowest BCUT2D eigenvalue weighted by atomic mass is 10.1. The number of amides is 1. The van der Waals surface area contributed by atoms with Gasteiger partial charge in [0.05, 0.1) is 19.5 Å². The smallest absolute Gasteiger partial charge is 0.227 e. The Morgan fingerprint density at radius 3 is 1.96 bits per heavy atom. The van der Waals surface area contributed by atoms with Crippen molar-refractivity contribution in [3.05, 3.63) is 80.2 Å². The molecule has 0 N–H and O–H groups in total. The molecule has 0 spiro atoms. The normalized spacial score (nSPS) is 10.7. The molecule has 1 aromatic carbocycles. The van der Waals surface area contributed by atoms with E-state index in [0.29, 0.717) is 19.5 Å². The zero-order chi connectivity index (χ0) is 16.1. The summed E-state index contributed by atoms with van der Waals surface area (Å²) >= 11 is 3.40. The maximum absolute atomic E-state index is 12.8. The van der Waals surface area contributed by atoms with Gasteiger partial charge in [0, 0.05) is 9.75 Å². The molecule has 0 unspecified atom stereocenters. The summed E-state index contributed by atoms with van der Waals surface area (Å²) in [5.41, 5.74) is 2.29. The van der Waals surface area contributed by atoms with Crippen LogP contribution in [0.5, 0.6) is 0 Å². The first-order chi connectivity index (χ1) is 11.2. The Morgan fingerprint density at radius 2 is 1.48 bits per heavy atom. The summed E-state index contributed by atoms with van der Waals surface area (Å²) in [6.07, 6.45) is 0.455. The van der Waals surface area contributed by atoms with Crippen LogP contribution in [0.25, 0.3) is 0 Å². The minimum absolute atomic E-state index is 0.177. The van der Waals surface area contributed by atoms with Crippen molar-refractivity contribution in [2.75, 3.05) is 0 Å². The van der Waals surface area contributed by atoms with E-state index in [1.54, 1.807) is 22.7 Å². The third-order valence-electron chi connectivity index (χ3n) is 3.68. The number of nitrogens with zero attached hydrogens (tertiary/aromatic N) is 1. The van der Waals surface area contributed by atoms with Gasteiger partial charge < -0.3 is 4.90 Å². The van der Waals surface area contributed by atoms with Gasteiger partial charge in [-0.15, -0.1) is 22.7 Å². The number of benzene rings is 1. The summed E-state index contributed by atoms with van der Waals surface area (Å²) in [6.45, 7) is 3.42. The minimum atomic E-state index is 0.177. The van der Waals surface area contributed by atoms with E-state index in [9.17, 15) is 4.79 Å². The Bertz CT molecular complexity index is 694. The summed E-state index contributed by atoms with van der Waals surface area (Å²) in [5, 5.41) is 4.12. The summed E-state index contributed by atoms with van der Waals surface area (Å²) < 4.78 is 0. The molecule has 4 heteroatoms. The molecule has 2 heterocycles. The van der Waals surface area contributed by atoms with Gasteiger partial charge in [-0.05, 0) is 35.4 Å². The molecule has 0 radical (unpaired) electrons. The van der Waals surface area contributed by atoms with Gasteiger partial charge in [-0.2, -0.15) is 0 Å². The summed E-state index contributed by atoms with van der Waals surface area (Å²) in [4.78, 5) is 17.2. The van der Waals surface area contributed by atoms with E-state index in [2.05, 4.69) is 41.9 Å². The van der Waals surface area contributed by atoms with Crippen LogP contribution in [-0.4, -0.2) is 10.8 Å². The highest BCUT2D eigenvalue weighted by Crippen LogP contribution is 2.18. The SMILES string of the molecule is Cc1ccc(CC(=O)N(Cc2cccs2)Cc2cccs2)cc1. The van der Waals surface area contributed by atoms with Crippen molar-refractivity contribution in [1.82, 2.24) is 4.90 Å². The molecular weight excluding hydrogens is 322 g/mol. The lowest BCUT2D eigenvalue weighted by Crippen LogP contribution is -2.30. The third kappa shape index (κ3) is 4.53. The summed E-state index contributed by atoms with van der Waals surface area (Å²) in [5.74, 6) is 0.177.